The molecule has 0 aromatic heterocycles. The van der Waals surface area contributed by atoms with E-state index in [0.29, 0.717) is 0 Å². The van der Waals surface area contributed by atoms with Gasteiger partial charge in [0, 0.05) is 13.6 Å². The van der Waals surface area contributed by atoms with E-state index in [9.17, 15) is 9.18 Å². The second kappa shape index (κ2) is 5.29. The van der Waals surface area contributed by atoms with Crippen molar-refractivity contribution in [1.82, 2.24) is 10.2 Å². The fourth-order valence-electron chi connectivity index (χ4n) is 2.57. The number of carbonyl (C=O) groups excluding carboxylic acids is 1. The fraction of sp³-hybridized carbons (Fsp3) is 0.533. The molecule has 1 fully saturated rings. The second-order valence-corrected chi connectivity index (χ2v) is 5.63. The first-order valence-electron chi connectivity index (χ1n) is 6.67. The summed E-state index contributed by atoms with van der Waals surface area (Å²) < 4.78 is 12.9. The van der Waals surface area contributed by atoms with Gasteiger partial charge < -0.3 is 10.2 Å². The van der Waals surface area contributed by atoms with Gasteiger partial charge in [0.15, 0.2) is 0 Å². The molecule has 0 spiro atoms. The Balaban J connectivity index is 2.12. The lowest BCUT2D eigenvalue weighted by atomic mass is 9.87. The molecule has 0 bridgehead atoms. The van der Waals surface area contributed by atoms with Crippen molar-refractivity contribution in [3.8, 4) is 0 Å². The number of nitrogens with zero attached hydrogens (tertiary/aromatic N) is 1. The normalized spacial score (nSPS) is 24.2. The van der Waals surface area contributed by atoms with Crippen LogP contribution in [0.2, 0.25) is 0 Å². The number of carbonyl (C=O) groups is 1. The van der Waals surface area contributed by atoms with Gasteiger partial charge in [-0.2, -0.15) is 0 Å². The topological polar surface area (TPSA) is 32.3 Å². The number of hydrogen-bond donors (Lipinski definition) is 1. The van der Waals surface area contributed by atoms with E-state index in [-0.39, 0.29) is 23.2 Å². The summed E-state index contributed by atoms with van der Waals surface area (Å²) in [6.45, 7) is 5.59. The lowest BCUT2D eigenvalue weighted by molar-refractivity contribution is -0.140. The number of nitrogens with one attached hydrogen (secondary N) is 1. The van der Waals surface area contributed by atoms with Gasteiger partial charge in [-0.1, -0.05) is 12.1 Å². The largest absolute Gasteiger partial charge is 0.338 e. The first-order valence-corrected chi connectivity index (χ1v) is 6.67. The summed E-state index contributed by atoms with van der Waals surface area (Å²) in [5.41, 5.74) is 0.634. The molecular formula is C15H21FN2O. The van der Waals surface area contributed by atoms with Gasteiger partial charge in [-0.25, -0.2) is 4.39 Å². The highest BCUT2D eigenvalue weighted by molar-refractivity contribution is 5.83. The number of amides is 1. The van der Waals surface area contributed by atoms with Crippen LogP contribution in [0.1, 0.15) is 31.9 Å². The van der Waals surface area contributed by atoms with Gasteiger partial charge in [0.1, 0.15) is 5.82 Å². The Hall–Kier alpha value is -1.42. The van der Waals surface area contributed by atoms with E-state index in [1.807, 2.05) is 20.9 Å². The van der Waals surface area contributed by atoms with Gasteiger partial charge in [-0.05, 0) is 44.5 Å². The lowest BCUT2D eigenvalue weighted by Crippen LogP contribution is -2.42. The van der Waals surface area contributed by atoms with Gasteiger partial charge in [0.05, 0.1) is 11.5 Å². The highest BCUT2D eigenvalue weighted by Gasteiger charge is 2.39. The predicted molar refractivity (Wildman–Crippen MR) is 73.2 cm³/mol. The van der Waals surface area contributed by atoms with E-state index in [0.717, 1.165) is 25.1 Å². The average molecular weight is 264 g/mol. The summed E-state index contributed by atoms with van der Waals surface area (Å²) in [5.74, 6) is -0.105. The van der Waals surface area contributed by atoms with Crippen LogP contribution in [-0.2, 0) is 4.79 Å². The van der Waals surface area contributed by atoms with Crippen molar-refractivity contribution < 1.29 is 9.18 Å². The minimum Gasteiger partial charge on any atom is -0.338 e. The third kappa shape index (κ3) is 2.78. The molecule has 1 aliphatic rings. The summed E-state index contributed by atoms with van der Waals surface area (Å²) in [7, 11) is 1.82. The van der Waals surface area contributed by atoms with Crippen molar-refractivity contribution in [2.45, 2.75) is 26.3 Å². The van der Waals surface area contributed by atoms with Gasteiger partial charge >= 0.3 is 0 Å². The van der Waals surface area contributed by atoms with Gasteiger partial charge in [-0.15, -0.1) is 0 Å². The molecule has 0 aliphatic carbocycles. The highest BCUT2D eigenvalue weighted by atomic mass is 19.1. The number of rotatable bonds is 3. The third-order valence-corrected chi connectivity index (χ3v) is 4.14. The Kier molecular flexibility index (Phi) is 3.90. The molecule has 2 rings (SSSR count). The maximum atomic E-state index is 12.9. The number of hydrogen-bond acceptors (Lipinski definition) is 2. The molecule has 2 unspecified atom stereocenters. The van der Waals surface area contributed by atoms with E-state index in [1.165, 1.54) is 12.1 Å². The maximum absolute atomic E-state index is 12.9. The number of benzene rings is 1. The van der Waals surface area contributed by atoms with Crippen LogP contribution in [0.3, 0.4) is 0 Å². The van der Waals surface area contributed by atoms with Crippen molar-refractivity contribution in [1.29, 1.82) is 0 Å². The zero-order chi connectivity index (χ0) is 14.0. The van der Waals surface area contributed by atoms with Crippen LogP contribution in [0.4, 0.5) is 4.39 Å². The van der Waals surface area contributed by atoms with E-state index in [4.69, 9.17) is 0 Å². The summed E-state index contributed by atoms with van der Waals surface area (Å²) >= 11 is 0. The molecule has 1 saturated heterocycles. The first kappa shape index (κ1) is 14.0. The number of halogens is 1. The molecule has 1 aliphatic heterocycles. The van der Waals surface area contributed by atoms with E-state index >= 15 is 0 Å². The van der Waals surface area contributed by atoms with E-state index in [1.54, 1.807) is 17.0 Å². The van der Waals surface area contributed by atoms with Crippen molar-refractivity contribution in [3.63, 3.8) is 0 Å². The molecule has 0 radical (unpaired) electrons. The highest BCUT2D eigenvalue weighted by Crippen LogP contribution is 2.30. The monoisotopic (exact) mass is 264 g/mol. The molecule has 104 valence electrons. The van der Waals surface area contributed by atoms with Crippen molar-refractivity contribution in [2.24, 2.45) is 5.41 Å². The van der Waals surface area contributed by atoms with Crippen LogP contribution in [0, 0.1) is 11.2 Å². The van der Waals surface area contributed by atoms with Crippen molar-refractivity contribution in [2.75, 3.05) is 20.1 Å². The van der Waals surface area contributed by atoms with Crippen LogP contribution in [0.5, 0.6) is 0 Å². The molecule has 1 heterocycles. The molecule has 19 heavy (non-hydrogen) atoms. The van der Waals surface area contributed by atoms with Crippen molar-refractivity contribution in [3.05, 3.63) is 35.6 Å². The first-order chi connectivity index (χ1) is 8.94. The summed E-state index contributed by atoms with van der Waals surface area (Å²) in [5, 5.41) is 3.24. The van der Waals surface area contributed by atoms with Crippen molar-refractivity contribution >= 4 is 5.91 Å². The summed E-state index contributed by atoms with van der Waals surface area (Å²) in [6, 6.07) is 6.29. The molecular weight excluding hydrogens is 243 g/mol. The van der Waals surface area contributed by atoms with Crippen LogP contribution >= 0.6 is 0 Å². The molecule has 3 nitrogen and oxygen atoms in total. The smallest absolute Gasteiger partial charge is 0.230 e. The molecule has 1 N–H and O–H groups in total. The molecule has 0 saturated carbocycles. The summed E-state index contributed by atoms with van der Waals surface area (Å²) in [4.78, 5) is 14.3. The van der Waals surface area contributed by atoms with E-state index < -0.39 is 0 Å². The SMILES string of the molecule is CC(c1ccc(F)cc1)N(C)C(=O)C1(C)CCNC1. The van der Waals surface area contributed by atoms with Crippen LogP contribution < -0.4 is 5.32 Å². The molecule has 1 aromatic carbocycles. The zero-order valence-electron chi connectivity index (χ0n) is 11.7. The molecule has 2 atom stereocenters. The fourth-order valence-corrected chi connectivity index (χ4v) is 2.57. The predicted octanol–water partition coefficient (Wildman–Crippen LogP) is 2.34. The summed E-state index contributed by atoms with van der Waals surface area (Å²) in [6.07, 6.45) is 0.867. The van der Waals surface area contributed by atoms with Gasteiger partial charge in [-0.3, -0.25) is 4.79 Å². The zero-order valence-corrected chi connectivity index (χ0v) is 11.7. The lowest BCUT2D eigenvalue weighted by Gasteiger charge is -2.32. The Morgan fingerprint density at radius 1 is 1.42 bits per heavy atom. The van der Waals surface area contributed by atoms with Gasteiger partial charge in [0.25, 0.3) is 0 Å². The second-order valence-electron chi connectivity index (χ2n) is 5.63. The third-order valence-electron chi connectivity index (χ3n) is 4.14. The maximum Gasteiger partial charge on any atom is 0.230 e. The van der Waals surface area contributed by atoms with Crippen LogP contribution in [0.25, 0.3) is 0 Å². The molecule has 1 aromatic rings. The Bertz CT molecular complexity index is 452. The Morgan fingerprint density at radius 3 is 2.58 bits per heavy atom. The quantitative estimate of drug-likeness (QED) is 0.909. The molecule has 1 amide bonds. The van der Waals surface area contributed by atoms with Crippen LogP contribution in [0.15, 0.2) is 24.3 Å². The average Bonchev–Trinajstić information content (AvgIpc) is 2.85. The van der Waals surface area contributed by atoms with E-state index in [2.05, 4.69) is 5.32 Å². The standard InChI is InChI=1S/C15H21FN2O/c1-11(12-4-6-13(16)7-5-12)18(3)14(19)15(2)8-9-17-10-15/h4-7,11,17H,8-10H2,1-3H3. The van der Waals surface area contributed by atoms with Gasteiger partial charge in [0.2, 0.25) is 5.91 Å². The minimum absolute atomic E-state index is 0.0504. The molecule has 4 heteroatoms. The Morgan fingerprint density at radius 2 is 2.05 bits per heavy atom. The Labute approximate surface area is 113 Å². The van der Waals surface area contributed by atoms with Crippen LogP contribution in [-0.4, -0.2) is 30.9 Å². The minimum atomic E-state index is -0.316.